The third-order valence-corrected chi connectivity index (χ3v) is 6.47. The van der Waals surface area contributed by atoms with Gasteiger partial charge in [0.05, 0.1) is 16.3 Å². The zero-order chi connectivity index (χ0) is 23.8. The van der Waals surface area contributed by atoms with Gasteiger partial charge in [-0.2, -0.15) is 13.2 Å². The third-order valence-electron chi connectivity index (χ3n) is 6.06. The van der Waals surface area contributed by atoms with Gasteiger partial charge in [0.15, 0.2) is 5.82 Å². The molecular formula is C24H24ClF3N4O. The Morgan fingerprint density at radius 2 is 1.91 bits per heavy atom. The summed E-state index contributed by atoms with van der Waals surface area (Å²) in [5.74, 6) is -0.820. The highest BCUT2D eigenvalue weighted by atomic mass is 35.5. The number of piperidine rings is 1. The van der Waals surface area contributed by atoms with Gasteiger partial charge < -0.3 is 10.3 Å². The summed E-state index contributed by atoms with van der Waals surface area (Å²) in [7, 11) is 2.13. The molecule has 9 heteroatoms. The Labute approximate surface area is 195 Å². The molecule has 4 rings (SSSR count). The number of carbonyl (C=O) groups excluding carboxylic acids is 1. The summed E-state index contributed by atoms with van der Waals surface area (Å²) in [5, 5.41) is -0.466. The summed E-state index contributed by atoms with van der Waals surface area (Å²) in [6.07, 6.45) is 0.430. The van der Waals surface area contributed by atoms with E-state index in [1.807, 2.05) is 12.1 Å². The molecule has 33 heavy (non-hydrogen) atoms. The van der Waals surface area contributed by atoms with Crippen molar-refractivity contribution < 1.29 is 18.0 Å². The zero-order valence-corrected chi connectivity index (χ0v) is 18.8. The van der Waals surface area contributed by atoms with Crippen molar-refractivity contribution in [3.05, 3.63) is 76.2 Å². The van der Waals surface area contributed by atoms with Crippen molar-refractivity contribution >= 4 is 17.5 Å². The van der Waals surface area contributed by atoms with E-state index in [0.717, 1.165) is 24.6 Å². The second-order valence-corrected chi connectivity index (χ2v) is 8.72. The molecule has 1 aliphatic rings. The Morgan fingerprint density at radius 1 is 1.18 bits per heavy atom. The number of aromatic nitrogens is 2. The molecule has 1 unspecified atom stereocenters. The molecule has 2 heterocycles. The minimum absolute atomic E-state index is 0.0467. The van der Waals surface area contributed by atoms with E-state index in [9.17, 15) is 18.0 Å². The molecule has 1 amide bonds. The molecule has 1 atom stereocenters. The summed E-state index contributed by atoms with van der Waals surface area (Å²) in [4.78, 5) is 18.5. The van der Waals surface area contributed by atoms with E-state index in [1.54, 1.807) is 0 Å². The number of rotatable bonds is 5. The van der Waals surface area contributed by atoms with E-state index >= 15 is 0 Å². The summed E-state index contributed by atoms with van der Waals surface area (Å²) < 4.78 is 41.3. The van der Waals surface area contributed by atoms with Gasteiger partial charge in [0.2, 0.25) is 0 Å². The van der Waals surface area contributed by atoms with Gasteiger partial charge in [-0.1, -0.05) is 54.4 Å². The summed E-state index contributed by atoms with van der Waals surface area (Å²) in [5.41, 5.74) is 6.92. The zero-order valence-electron chi connectivity index (χ0n) is 18.1. The normalized spacial score (nSPS) is 17.3. The van der Waals surface area contributed by atoms with E-state index in [-0.39, 0.29) is 17.1 Å². The number of hydrogen-bond donors (Lipinski definition) is 1. The van der Waals surface area contributed by atoms with Crippen molar-refractivity contribution in [3.8, 4) is 11.3 Å². The highest BCUT2D eigenvalue weighted by molar-refractivity contribution is 6.34. The lowest BCUT2D eigenvalue weighted by atomic mass is 9.95. The Morgan fingerprint density at radius 3 is 2.55 bits per heavy atom. The van der Waals surface area contributed by atoms with Crippen LogP contribution in [0.15, 0.2) is 48.7 Å². The molecule has 1 aromatic heterocycles. The van der Waals surface area contributed by atoms with Gasteiger partial charge in [0.1, 0.15) is 0 Å². The van der Waals surface area contributed by atoms with Gasteiger partial charge in [-0.25, -0.2) is 4.98 Å². The van der Waals surface area contributed by atoms with E-state index in [1.165, 1.54) is 41.3 Å². The number of amides is 1. The van der Waals surface area contributed by atoms with Crippen LogP contribution in [-0.4, -0.2) is 34.0 Å². The van der Waals surface area contributed by atoms with Crippen LogP contribution in [0, 0.1) is 0 Å². The molecular weight excluding hydrogens is 453 g/mol. The topological polar surface area (TPSA) is 64.2 Å². The third kappa shape index (κ3) is 4.91. The second-order valence-electron chi connectivity index (χ2n) is 8.34. The minimum Gasteiger partial charge on any atom is -0.363 e. The molecule has 1 fully saturated rings. The van der Waals surface area contributed by atoms with Crippen molar-refractivity contribution in [3.63, 3.8) is 0 Å². The lowest BCUT2D eigenvalue weighted by Crippen LogP contribution is -2.29. The number of nitrogens with zero attached hydrogens (tertiary/aromatic N) is 3. The maximum Gasteiger partial charge on any atom is 0.417 e. The van der Waals surface area contributed by atoms with Gasteiger partial charge in [-0.15, -0.1) is 0 Å². The van der Waals surface area contributed by atoms with Crippen molar-refractivity contribution in [1.29, 1.82) is 0 Å². The standard InChI is InChI=1S/C24H24ClF3N4O/c1-31-12-3-2-7-20(31)16-10-8-15(9-11-16)13-32-14-19(30-23(32)22(29)33)17-5-4-6-18(21(17)25)24(26,27)28/h4-6,8-11,14,20H,2-3,7,12-13H2,1H3,(H2,29,33). The maximum absolute atomic E-state index is 13.2. The first-order valence-electron chi connectivity index (χ1n) is 10.7. The van der Waals surface area contributed by atoms with Crippen molar-refractivity contribution in [2.75, 3.05) is 13.6 Å². The molecule has 0 saturated carbocycles. The van der Waals surface area contributed by atoms with Gasteiger partial charge in [0, 0.05) is 24.3 Å². The summed E-state index contributed by atoms with van der Waals surface area (Å²) >= 11 is 6.04. The number of carbonyl (C=O) groups is 1. The van der Waals surface area contributed by atoms with Crippen LogP contribution in [0.4, 0.5) is 13.2 Å². The summed E-state index contributed by atoms with van der Waals surface area (Å²) in [6, 6.07) is 12.1. The Bertz CT molecular complexity index is 1160. The van der Waals surface area contributed by atoms with Crippen LogP contribution < -0.4 is 5.73 Å². The van der Waals surface area contributed by atoms with Gasteiger partial charge in [-0.05, 0) is 43.6 Å². The van der Waals surface area contributed by atoms with Crippen LogP contribution in [0.2, 0.25) is 5.02 Å². The molecule has 174 valence electrons. The Balaban J connectivity index is 1.63. The second kappa shape index (κ2) is 9.19. The smallest absolute Gasteiger partial charge is 0.363 e. The molecule has 0 bridgehead atoms. The SMILES string of the molecule is CN1CCCCC1c1ccc(Cn2cc(-c3cccc(C(F)(F)F)c3Cl)nc2C(N)=O)cc1. The molecule has 2 aromatic carbocycles. The molecule has 1 aliphatic heterocycles. The predicted molar refractivity (Wildman–Crippen MR) is 121 cm³/mol. The number of primary amides is 1. The van der Waals surface area contributed by atoms with Crippen LogP contribution in [0.5, 0.6) is 0 Å². The maximum atomic E-state index is 13.2. The monoisotopic (exact) mass is 476 g/mol. The average molecular weight is 477 g/mol. The van der Waals surface area contributed by atoms with Crippen molar-refractivity contribution in [2.45, 2.75) is 38.0 Å². The molecule has 0 spiro atoms. The molecule has 3 aromatic rings. The fourth-order valence-corrected chi connectivity index (χ4v) is 4.68. The predicted octanol–water partition coefficient (Wildman–Crippen LogP) is 5.53. The molecule has 0 aliphatic carbocycles. The lowest BCUT2D eigenvalue weighted by Gasteiger charge is -2.32. The van der Waals surface area contributed by atoms with E-state index in [2.05, 4.69) is 29.1 Å². The fourth-order valence-electron chi connectivity index (χ4n) is 4.35. The molecule has 5 nitrogen and oxygen atoms in total. The number of benzene rings is 2. The number of imidazole rings is 1. The summed E-state index contributed by atoms with van der Waals surface area (Å²) in [6.45, 7) is 1.37. The van der Waals surface area contributed by atoms with Crippen LogP contribution >= 0.6 is 11.6 Å². The fraction of sp³-hybridized carbons (Fsp3) is 0.333. The van der Waals surface area contributed by atoms with Crippen LogP contribution in [0.1, 0.15) is 52.6 Å². The van der Waals surface area contributed by atoms with Crippen molar-refractivity contribution in [1.82, 2.24) is 14.5 Å². The number of alkyl halides is 3. The van der Waals surface area contributed by atoms with Crippen LogP contribution in [-0.2, 0) is 12.7 Å². The molecule has 2 N–H and O–H groups in total. The van der Waals surface area contributed by atoms with E-state index < -0.39 is 22.7 Å². The van der Waals surface area contributed by atoms with E-state index in [0.29, 0.717) is 12.6 Å². The quantitative estimate of drug-likeness (QED) is 0.527. The largest absolute Gasteiger partial charge is 0.417 e. The Hall–Kier alpha value is -2.84. The van der Waals surface area contributed by atoms with E-state index in [4.69, 9.17) is 17.3 Å². The molecule has 1 saturated heterocycles. The lowest BCUT2D eigenvalue weighted by molar-refractivity contribution is -0.137. The number of nitrogens with two attached hydrogens (primary N) is 1. The van der Waals surface area contributed by atoms with Gasteiger partial charge in [0.25, 0.3) is 5.91 Å². The highest BCUT2D eigenvalue weighted by Crippen LogP contribution is 2.39. The van der Waals surface area contributed by atoms with Gasteiger partial charge in [-0.3, -0.25) is 9.69 Å². The first kappa shape index (κ1) is 23.3. The number of likely N-dealkylation sites (tertiary alicyclic amines) is 1. The minimum atomic E-state index is -4.60. The van der Waals surface area contributed by atoms with Crippen LogP contribution in [0.3, 0.4) is 0 Å². The van der Waals surface area contributed by atoms with Crippen molar-refractivity contribution in [2.24, 2.45) is 5.73 Å². The number of halogens is 4. The number of hydrogen-bond acceptors (Lipinski definition) is 3. The van der Waals surface area contributed by atoms with Gasteiger partial charge >= 0.3 is 6.18 Å². The van der Waals surface area contributed by atoms with Crippen LogP contribution in [0.25, 0.3) is 11.3 Å². The first-order valence-corrected chi connectivity index (χ1v) is 11.0. The Kier molecular flexibility index (Phi) is 6.50. The average Bonchev–Trinajstić information content (AvgIpc) is 3.18. The first-order chi connectivity index (χ1) is 15.6. The molecule has 0 radical (unpaired) electrons. The highest BCUT2D eigenvalue weighted by Gasteiger charge is 2.34.